The minimum absolute atomic E-state index is 0.0842. The molecular weight excluding hydrogens is 314 g/mol. The van der Waals surface area contributed by atoms with Crippen LogP contribution < -0.4 is 5.73 Å². The third-order valence-electron chi connectivity index (χ3n) is 4.37. The molecule has 1 heterocycles. The summed E-state index contributed by atoms with van der Waals surface area (Å²) in [6.07, 6.45) is 1.54. The van der Waals surface area contributed by atoms with Crippen molar-refractivity contribution in [2.75, 3.05) is 27.2 Å². The SMILES string of the molecule is CC(N)C1CCN(S(=O)(=O)c2cccc(C(=O)N(C)C)c2)CC1. The predicted octanol–water partition coefficient (Wildman–Crippen LogP) is 1.14. The minimum Gasteiger partial charge on any atom is -0.345 e. The Morgan fingerprint density at radius 2 is 1.91 bits per heavy atom. The molecule has 128 valence electrons. The molecule has 1 atom stereocenters. The van der Waals surface area contributed by atoms with Crippen LogP contribution in [0.4, 0.5) is 0 Å². The van der Waals surface area contributed by atoms with Gasteiger partial charge in [-0.1, -0.05) is 6.07 Å². The third-order valence-corrected chi connectivity index (χ3v) is 6.26. The molecule has 0 bridgehead atoms. The number of hydrogen-bond acceptors (Lipinski definition) is 4. The number of sulfonamides is 1. The molecule has 1 saturated heterocycles. The van der Waals surface area contributed by atoms with Gasteiger partial charge in [0.15, 0.2) is 0 Å². The summed E-state index contributed by atoms with van der Waals surface area (Å²) in [6.45, 7) is 2.91. The van der Waals surface area contributed by atoms with Gasteiger partial charge in [0.1, 0.15) is 0 Å². The summed E-state index contributed by atoms with van der Waals surface area (Å²) in [4.78, 5) is 13.6. The van der Waals surface area contributed by atoms with Gasteiger partial charge in [-0.15, -0.1) is 0 Å². The Balaban J connectivity index is 2.21. The van der Waals surface area contributed by atoms with Crippen molar-refractivity contribution in [2.24, 2.45) is 11.7 Å². The summed E-state index contributed by atoms with van der Waals surface area (Å²) in [5.41, 5.74) is 6.28. The van der Waals surface area contributed by atoms with Crippen LogP contribution in [0.25, 0.3) is 0 Å². The average Bonchev–Trinajstić information content (AvgIpc) is 2.54. The zero-order valence-corrected chi connectivity index (χ0v) is 14.7. The van der Waals surface area contributed by atoms with Gasteiger partial charge in [-0.25, -0.2) is 8.42 Å². The van der Waals surface area contributed by atoms with Gasteiger partial charge in [0.05, 0.1) is 4.90 Å². The van der Waals surface area contributed by atoms with Crippen molar-refractivity contribution < 1.29 is 13.2 Å². The minimum atomic E-state index is -3.57. The molecule has 6 nitrogen and oxygen atoms in total. The number of piperidine rings is 1. The lowest BCUT2D eigenvalue weighted by Crippen LogP contribution is -2.42. The summed E-state index contributed by atoms with van der Waals surface area (Å²) in [6, 6.07) is 6.32. The fourth-order valence-corrected chi connectivity index (χ4v) is 4.35. The highest BCUT2D eigenvalue weighted by Crippen LogP contribution is 2.25. The maximum Gasteiger partial charge on any atom is 0.253 e. The predicted molar refractivity (Wildman–Crippen MR) is 89.6 cm³/mol. The van der Waals surface area contributed by atoms with Gasteiger partial charge in [-0.05, 0) is 43.9 Å². The monoisotopic (exact) mass is 339 g/mol. The maximum absolute atomic E-state index is 12.8. The van der Waals surface area contributed by atoms with Crippen LogP contribution in [0.2, 0.25) is 0 Å². The third kappa shape index (κ3) is 3.91. The van der Waals surface area contributed by atoms with Crippen molar-refractivity contribution >= 4 is 15.9 Å². The number of carbonyl (C=O) groups excluding carboxylic acids is 1. The normalized spacial score (nSPS) is 18.6. The Kier molecular flexibility index (Phi) is 5.44. The van der Waals surface area contributed by atoms with Crippen LogP contribution in [0.3, 0.4) is 0 Å². The molecule has 1 fully saturated rings. The van der Waals surface area contributed by atoms with Gasteiger partial charge < -0.3 is 10.6 Å². The van der Waals surface area contributed by atoms with Gasteiger partial charge >= 0.3 is 0 Å². The Bertz CT molecular complexity index is 663. The highest BCUT2D eigenvalue weighted by atomic mass is 32.2. The van der Waals surface area contributed by atoms with Crippen LogP contribution in [0.15, 0.2) is 29.2 Å². The molecular formula is C16H25N3O3S. The van der Waals surface area contributed by atoms with Crippen molar-refractivity contribution in [1.29, 1.82) is 0 Å². The second-order valence-electron chi connectivity index (χ2n) is 6.33. The van der Waals surface area contributed by atoms with Crippen LogP contribution in [0.1, 0.15) is 30.1 Å². The molecule has 7 heteroatoms. The highest BCUT2D eigenvalue weighted by molar-refractivity contribution is 7.89. The fraction of sp³-hybridized carbons (Fsp3) is 0.562. The number of rotatable bonds is 4. The van der Waals surface area contributed by atoms with E-state index in [-0.39, 0.29) is 16.8 Å². The van der Waals surface area contributed by atoms with E-state index in [1.165, 1.54) is 15.3 Å². The van der Waals surface area contributed by atoms with E-state index in [9.17, 15) is 13.2 Å². The van der Waals surface area contributed by atoms with Crippen molar-refractivity contribution in [3.8, 4) is 0 Å². The van der Waals surface area contributed by atoms with Crippen molar-refractivity contribution in [1.82, 2.24) is 9.21 Å². The zero-order chi connectivity index (χ0) is 17.2. The second-order valence-corrected chi connectivity index (χ2v) is 8.27. The average molecular weight is 339 g/mol. The van der Waals surface area contributed by atoms with E-state index in [2.05, 4.69) is 0 Å². The van der Waals surface area contributed by atoms with E-state index in [0.717, 1.165) is 12.8 Å². The van der Waals surface area contributed by atoms with Gasteiger partial charge in [0.25, 0.3) is 5.91 Å². The first kappa shape index (κ1) is 17.9. The Hall–Kier alpha value is -1.44. The first-order chi connectivity index (χ1) is 10.7. The second kappa shape index (κ2) is 6.98. The Labute approximate surface area is 138 Å². The molecule has 1 unspecified atom stereocenters. The lowest BCUT2D eigenvalue weighted by molar-refractivity contribution is 0.0827. The van der Waals surface area contributed by atoms with E-state index in [0.29, 0.717) is 24.6 Å². The molecule has 1 aliphatic rings. The van der Waals surface area contributed by atoms with Crippen molar-refractivity contribution in [3.05, 3.63) is 29.8 Å². The molecule has 1 amide bonds. The molecule has 1 aliphatic heterocycles. The van der Waals surface area contributed by atoms with E-state index in [1.54, 1.807) is 32.3 Å². The van der Waals surface area contributed by atoms with E-state index < -0.39 is 10.0 Å². The summed E-state index contributed by atoms with van der Waals surface area (Å²) in [7, 11) is -0.289. The topological polar surface area (TPSA) is 83.7 Å². The summed E-state index contributed by atoms with van der Waals surface area (Å²) in [5.74, 6) is 0.154. The molecule has 23 heavy (non-hydrogen) atoms. The van der Waals surface area contributed by atoms with Gasteiger partial charge in [0.2, 0.25) is 10.0 Å². The number of carbonyl (C=O) groups is 1. The summed E-state index contributed by atoms with van der Waals surface area (Å²) >= 11 is 0. The molecule has 2 rings (SSSR count). The van der Waals surface area contributed by atoms with Crippen LogP contribution in [0.5, 0.6) is 0 Å². The molecule has 0 spiro atoms. The molecule has 0 aromatic heterocycles. The number of hydrogen-bond donors (Lipinski definition) is 1. The van der Waals surface area contributed by atoms with E-state index in [1.807, 2.05) is 6.92 Å². The first-order valence-corrected chi connectivity index (χ1v) is 9.25. The zero-order valence-electron chi connectivity index (χ0n) is 13.9. The Morgan fingerprint density at radius 3 is 2.43 bits per heavy atom. The molecule has 0 radical (unpaired) electrons. The lowest BCUT2D eigenvalue weighted by Gasteiger charge is -2.33. The van der Waals surface area contributed by atoms with Crippen molar-refractivity contribution in [3.63, 3.8) is 0 Å². The largest absolute Gasteiger partial charge is 0.345 e. The van der Waals surface area contributed by atoms with Crippen molar-refractivity contribution in [2.45, 2.75) is 30.7 Å². The Morgan fingerprint density at radius 1 is 1.30 bits per heavy atom. The summed E-state index contributed by atoms with van der Waals surface area (Å²) in [5, 5.41) is 0. The van der Waals surface area contributed by atoms with Crippen LogP contribution >= 0.6 is 0 Å². The number of benzene rings is 1. The standard InChI is InChI=1S/C16H25N3O3S/c1-12(17)13-7-9-19(10-8-13)23(21,22)15-6-4-5-14(11-15)16(20)18(2)3/h4-6,11-13H,7-10,17H2,1-3H3. The highest BCUT2D eigenvalue weighted by Gasteiger charge is 2.30. The van der Waals surface area contributed by atoms with Gasteiger partial charge in [-0.3, -0.25) is 4.79 Å². The van der Waals surface area contributed by atoms with E-state index in [4.69, 9.17) is 5.73 Å². The first-order valence-electron chi connectivity index (χ1n) is 7.81. The fourth-order valence-electron chi connectivity index (χ4n) is 2.84. The molecule has 0 aliphatic carbocycles. The maximum atomic E-state index is 12.8. The smallest absolute Gasteiger partial charge is 0.253 e. The number of nitrogens with two attached hydrogens (primary N) is 1. The number of nitrogens with zero attached hydrogens (tertiary/aromatic N) is 2. The quantitative estimate of drug-likeness (QED) is 0.891. The van der Waals surface area contributed by atoms with Gasteiger partial charge in [0, 0.05) is 38.8 Å². The van der Waals surface area contributed by atoms with Crippen LogP contribution in [0, 0.1) is 5.92 Å². The molecule has 1 aromatic carbocycles. The number of amides is 1. The van der Waals surface area contributed by atoms with Crippen LogP contribution in [-0.2, 0) is 10.0 Å². The van der Waals surface area contributed by atoms with E-state index >= 15 is 0 Å². The molecule has 0 saturated carbocycles. The molecule has 1 aromatic rings. The summed E-state index contributed by atoms with van der Waals surface area (Å²) < 4.78 is 27.0. The lowest BCUT2D eigenvalue weighted by atomic mass is 9.92. The van der Waals surface area contributed by atoms with Gasteiger partial charge in [-0.2, -0.15) is 4.31 Å². The molecule has 2 N–H and O–H groups in total. The van der Waals surface area contributed by atoms with Crippen LogP contribution in [-0.4, -0.2) is 56.8 Å².